The van der Waals surface area contributed by atoms with E-state index in [0.29, 0.717) is 0 Å². The smallest absolute Gasteiger partial charge is 0.182 e. The molecule has 1 aromatic carbocycles. The van der Waals surface area contributed by atoms with E-state index in [1.807, 2.05) is 60.0 Å². The zero-order valence-corrected chi connectivity index (χ0v) is 11.9. The lowest BCUT2D eigenvalue weighted by atomic mass is 10.3. The molecule has 5 heteroatoms. The van der Waals surface area contributed by atoms with E-state index in [4.69, 9.17) is 0 Å². The molecule has 0 bridgehead atoms. The highest BCUT2D eigenvalue weighted by atomic mass is 79.9. The number of hydrogen-bond donors (Lipinski definition) is 0. The summed E-state index contributed by atoms with van der Waals surface area (Å²) in [7, 11) is 0. The molecule has 3 aromatic rings. The Balaban J connectivity index is 2.03. The van der Waals surface area contributed by atoms with Crippen LogP contribution in [0.25, 0.3) is 5.65 Å². The fourth-order valence-corrected chi connectivity index (χ4v) is 2.25. The van der Waals surface area contributed by atoms with Crippen molar-refractivity contribution in [2.75, 3.05) is 0 Å². The maximum absolute atomic E-state index is 4.44. The summed E-state index contributed by atoms with van der Waals surface area (Å²) in [5.41, 5.74) is 2.55. The van der Waals surface area contributed by atoms with Gasteiger partial charge in [0.15, 0.2) is 5.82 Å². The van der Waals surface area contributed by atoms with E-state index in [0.717, 1.165) is 27.3 Å². The summed E-state index contributed by atoms with van der Waals surface area (Å²) in [5, 5.41) is 8.56. The molecule has 19 heavy (non-hydrogen) atoms. The molecule has 0 aliphatic carbocycles. The number of hydrogen-bond acceptors (Lipinski definition) is 3. The van der Waals surface area contributed by atoms with Crippen LogP contribution in [-0.2, 0) is 0 Å². The number of pyridine rings is 1. The molecule has 2 heterocycles. The first-order chi connectivity index (χ1) is 9.24. The molecule has 0 unspecified atom stereocenters. The number of fused-ring (bicyclic) bond motifs is 1. The molecule has 0 aliphatic heterocycles. The standard InChI is InChI=1S/C14H11BrN4/c1-10-14(19-8-3-2-7-13(19)16-10)18-17-12-6-4-5-11(15)9-12/h2-9H,1H3. The maximum atomic E-state index is 4.44. The second kappa shape index (κ2) is 4.93. The molecule has 0 radical (unpaired) electrons. The van der Waals surface area contributed by atoms with Crippen LogP contribution in [0.1, 0.15) is 5.69 Å². The average Bonchev–Trinajstić information content (AvgIpc) is 2.72. The summed E-state index contributed by atoms with van der Waals surface area (Å²) in [6.07, 6.45) is 1.94. The number of benzene rings is 1. The fourth-order valence-electron chi connectivity index (χ4n) is 1.86. The van der Waals surface area contributed by atoms with Gasteiger partial charge >= 0.3 is 0 Å². The van der Waals surface area contributed by atoms with E-state index in [-0.39, 0.29) is 0 Å². The second-order valence-corrected chi connectivity index (χ2v) is 5.05. The first-order valence-electron chi connectivity index (χ1n) is 5.85. The van der Waals surface area contributed by atoms with E-state index in [2.05, 4.69) is 31.1 Å². The summed E-state index contributed by atoms with van der Waals surface area (Å²) in [5.74, 6) is 0.760. The monoisotopic (exact) mass is 314 g/mol. The topological polar surface area (TPSA) is 42.0 Å². The van der Waals surface area contributed by atoms with Crippen molar-refractivity contribution in [1.82, 2.24) is 9.38 Å². The molecule has 0 aliphatic rings. The molecule has 0 atom stereocenters. The summed E-state index contributed by atoms with van der Waals surface area (Å²) < 4.78 is 2.91. The summed E-state index contributed by atoms with van der Waals surface area (Å²) in [6.45, 7) is 1.93. The minimum atomic E-state index is 0.760. The van der Waals surface area contributed by atoms with Gasteiger partial charge in [0.2, 0.25) is 0 Å². The van der Waals surface area contributed by atoms with Crippen molar-refractivity contribution in [3.05, 3.63) is 58.8 Å². The van der Waals surface area contributed by atoms with E-state index in [1.54, 1.807) is 0 Å². The normalized spacial score (nSPS) is 11.5. The molecule has 4 nitrogen and oxygen atoms in total. The molecule has 0 saturated carbocycles. The van der Waals surface area contributed by atoms with Crippen molar-refractivity contribution in [3.8, 4) is 0 Å². The Morgan fingerprint density at radius 2 is 2.00 bits per heavy atom. The highest BCUT2D eigenvalue weighted by Crippen LogP contribution is 2.24. The van der Waals surface area contributed by atoms with Gasteiger partial charge < -0.3 is 0 Å². The van der Waals surface area contributed by atoms with Crippen molar-refractivity contribution >= 4 is 33.1 Å². The van der Waals surface area contributed by atoms with Crippen LogP contribution in [0, 0.1) is 6.92 Å². The second-order valence-electron chi connectivity index (χ2n) is 4.13. The average molecular weight is 315 g/mol. The van der Waals surface area contributed by atoms with Gasteiger partial charge in [0.05, 0.1) is 11.4 Å². The van der Waals surface area contributed by atoms with Gasteiger partial charge in [-0.3, -0.25) is 4.40 Å². The van der Waals surface area contributed by atoms with Crippen molar-refractivity contribution in [3.63, 3.8) is 0 Å². The minimum Gasteiger partial charge on any atom is -0.283 e. The molecular weight excluding hydrogens is 304 g/mol. The molecule has 0 saturated heterocycles. The Morgan fingerprint density at radius 1 is 1.11 bits per heavy atom. The van der Waals surface area contributed by atoms with E-state index in [1.165, 1.54) is 0 Å². The van der Waals surface area contributed by atoms with E-state index < -0.39 is 0 Å². The third kappa shape index (κ3) is 2.42. The number of rotatable bonds is 2. The van der Waals surface area contributed by atoms with Gasteiger partial charge in [0, 0.05) is 10.7 Å². The van der Waals surface area contributed by atoms with Crippen LogP contribution < -0.4 is 0 Å². The third-order valence-electron chi connectivity index (χ3n) is 2.74. The van der Waals surface area contributed by atoms with Gasteiger partial charge in [-0.15, -0.1) is 10.2 Å². The predicted molar refractivity (Wildman–Crippen MR) is 78.2 cm³/mol. The van der Waals surface area contributed by atoms with E-state index in [9.17, 15) is 0 Å². The molecule has 3 rings (SSSR count). The molecule has 94 valence electrons. The summed E-state index contributed by atoms with van der Waals surface area (Å²) in [4.78, 5) is 4.44. The largest absolute Gasteiger partial charge is 0.283 e. The zero-order valence-electron chi connectivity index (χ0n) is 10.3. The Hall–Kier alpha value is -2.01. The summed E-state index contributed by atoms with van der Waals surface area (Å²) in [6, 6.07) is 13.6. The number of imidazole rings is 1. The van der Waals surface area contributed by atoms with Crippen LogP contribution in [-0.4, -0.2) is 9.38 Å². The van der Waals surface area contributed by atoms with Crippen molar-refractivity contribution in [1.29, 1.82) is 0 Å². The number of halogens is 1. The van der Waals surface area contributed by atoms with Crippen LogP contribution in [0.15, 0.2) is 63.4 Å². The van der Waals surface area contributed by atoms with Crippen LogP contribution in [0.2, 0.25) is 0 Å². The molecular formula is C14H11BrN4. The van der Waals surface area contributed by atoms with Gasteiger partial charge in [-0.2, -0.15) is 0 Å². The number of aryl methyl sites for hydroxylation is 1. The molecule has 2 aromatic heterocycles. The first kappa shape index (κ1) is 12.0. The summed E-state index contributed by atoms with van der Waals surface area (Å²) >= 11 is 3.42. The molecule has 0 N–H and O–H groups in total. The lowest BCUT2D eigenvalue weighted by molar-refractivity contribution is 1.09. The van der Waals surface area contributed by atoms with Gasteiger partial charge in [0.1, 0.15) is 5.65 Å². The Kier molecular flexibility index (Phi) is 3.13. The van der Waals surface area contributed by atoms with Gasteiger partial charge in [0.25, 0.3) is 0 Å². The fraction of sp³-hybridized carbons (Fsp3) is 0.0714. The molecule has 0 spiro atoms. The quantitative estimate of drug-likeness (QED) is 0.625. The number of nitrogens with zero attached hydrogens (tertiary/aromatic N) is 4. The van der Waals surface area contributed by atoms with Gasteiger partial charge in [-0.25, -0.2) is 4.98 Å². The van der Waals surface area contributed by atoms with Crippen LogP contribution in [0.4, 0.5) is 11.5 Å². The van der Waals surface area contributed by atoms with Crippen LogP contribution >= 0.6 is 15.9 Å². The van der Waals surface area contributed by atoms with Crippen molar-refractivity contribution in [2.24, 2.45) is 10.2 Å². The maximum Gasteiger partial charge on any atom is 0.182 e. The lowest BCUT2D eigenvalue weighted by Crippen LogP contribution is -1.80. The van der Waals surface area contributed by atoms with Crippen molar-refractivity contribution < 1.29 is 0 Å². The van der Waals surface area contributed by atoms with Gasteiger partial charge in [-0.1, -0.05) is 28.1 Å². The first-order valence-corrected chi connectivity index (χ1v) is 6.64. The third-order valence-corrected chi connectivity index (χ3v) is 3.23. The minimum absolute atomic E-state index is 0.760. The SMILES string of the molecule is Cc1nc2ccccn2c1N=Nc1cccc(Br)c1. The number of aromatic nitrogens is 2. The highest BCUT2D eigenvalue weighted by molar-refractivity contribution is 9.10. The zero-order chi connectivity index (χ0) is 13.2. The Morgan fingerprint density at radius 3 is 2.84 bits per heavy atom. The Labute approximate surface area is 119 Å². The van der Waals surface area contributed by atoms with Crippen LogP contribution in [0.3, 0.4) is 0 Å². The predicted octanol–water partition coefficient (Wildman–Crippen LogP) is 4.82. The lowest BCUT2D eigenvalue weighted by Gasteiger charge is -1.96. The highest BCUT2D eigenvalue weighted by Gasteiger charge is 2.06. The number of azo groups is 1. The molecule has 0 amide bonds. The Bertz CT molecular complexity index is 761. The van der Waals surface area contributed by atoms with Crippen LogP contribution in [0.5, 0.6) is 0 Å². The van der Waals surface area contributed by atoms with Crippen molar-refractivity contribution in [2.45, 2.75) is 6.92 Å². The van der Waals surface area contributed by atoms with Gasteiger partial charge in [-0.05, 0) is 37.3 Å². The van der Waals surface area contributed by atoms with E-state index >= 15 is 0 Å². The molecule has 0 fully saturated rings.